The predicted molar refractivity (Wildman–Crippen MR) is 71.3 cm³/mol. The Morgan fingerprint density at radius 1 is 1.45 bits per heavy atom. The molecule has 0 aromatic heterocycles. The Labute approximate surface area is 117 Å². The van der Waals surface area contributed by atoms with Gasteiger partial charge in [-0.15, -0.1) is 0 Å². The normalized spacial score (nSPS) is 20.4. The minimum absolute atomic E-state index is 0.0416. The van der Waals surface area contributed by atoms with Gasteiger partial charge in [-0.1, -0.05) is 0 Å². The molecule has 0 bridgehead atoms. The van der Waals surface area contributed by atoms with E-state index in [-0.39, 0.29) is 18.3 Å². The van der Waals surface area contributed by atoms with Gasteiger partial charge >= 0.3 is 12.0 Å². The largest absolute Gasteiger partial charge is 0.480 e. The van der Waals surface area contributed by atoms with Crippen LogP contribution in [0.3, 0.4) is 0 Å². The van der Waals surface area contributed by atoms with E-state index in [2.05, 4.69) is 10.6 Å². The molecule has 1 heterocycles. The first-order valence-corrected chi connectivity index (χ1v) is 8.40. The van der Waals surface area contributed by atoms with Crippen molar-refractivity contribution in [2.24, 2.45) is 0 Å². The summed E-state index contributed by atoms with van der Waals surface area (Å²) in [5, 5.41) is 13.7. The maximum atomic E-state index is 11.5. The minimum atomic E-state index is -3.27. The maximum absolute atomic E-state index is 11.5. The van der Waals surface area contributed by atoms with E-state index < -0.39 is 27.9 Å². The average Bonchev–Trinajstić information content (AvgIpc) is 2.83. The highest BCUT2D eigenvalue weighted by Gasteiger charge is 2.22. The fourth-order valence-corrected chi connectivity index (χ4v) is 2.47. The molecule has 3 N–H and O–H groups in total. The molecule has 0 radical (unpaired) electrons. The van der Waals surface area contributed by atoms with E-state index in [1.807, 2.05) is 0 Å². The minimum Gasteiger partial charge on any atom is -0.480 e. The van der Waals surface area contributed by atoms with Crippen LogP contribution in [0.15, 0.2) is 0 Å². The van der Waals surface area contributed by atoms with Crippen LogP contribution < -0.4 is 10.6 Å². The topological polar surface area (TPSA) is 122 Å². The molecule has 1 rings (SSSR count). The number of carboxylic acids is 1. The van der Waals surface area contributed by atoms with Gasteiger partial charge in [-0.3, -0.25) is 0 Å². The number of hydrogen-bond donors (Lipinski definition) is 3. The summed E-state index contributed by atoms with van der Waals surface area (Å²) in [5.74, 6) is -1.56. The molecule has 0 aromatic carbocycles. The highest BCUT2D eigenvalue weighted by Crippen LogP contribution is 2.10. The molecule has 0 aromatic rings. The Kier molecular flexibility index (Phi) is 6.21. The van der Waals surface area contributed by atoms with Crippen LogP contribution >= 0.6 is 0 Å². The highest BCUT2D eigenvalue weighted by atomic mass is 32.2. The van der Waals surface area contributed by atoms with Crippen LogP contribution in [0.2, 0.25) is 0 Å². The van der Waals surface area contributed by atoms with Crippen molar-refractivity contribution in [2.45, 2.75) is 31.4 Å². The number of amides is 2. The maximum Gasteiger partial charge on any atom is 0.326 e. The summed E-state index contributed by atoms with van der Waals surface area (Å²) in [5.41, 5.74) is 0. The number of carbonyl (C=O) groups excluding carboxylic acids is 1. The zero-order valence-corrected chi connectivity index (χ0v) is 12.1. The molecule has 116 valence electrons. The second kappa shape index (κ2) is 7.44. The van der Waals surface area contributed by atoms with Crippen LogP contribution in [0.4, 0.5) is 4.79 Å². The molecule has 2 unspecified atom stereocenters. The first kappa shape index (κ1) is 16.7. The average molecular weight is 308 g/mol. The highest BCUT2D eigenvalue weighted by molar-refractivity contribution is 7.90. The SMILES string of the molecule is CS(=O)(=O)CCC(NC(=O)NCC1CCCO1)C(=O)O. The number of ether oxygens (including phenoxy) is 1. The fourth-order valence-electron chi connectivity index (χ4n) is 1.81. The predicted octanol–water partition coefficient (Wildman–Crippen LogP) is -0.647. The van der Waals surface area contributed by atoms with Crippen LogP contribution in [0.1, 0.15) is 19.3 Å². The van der Waals surface area contributed by atoms with Crippen LogP contribution in [0.25, 0.3) is 0 Å². The summed E-state index contributed by atoms with van der Waals surface area (Å²) in [6.45, 7) is 0.977. The summed E-state index contributed by atoms with van der Waals surface area (Å²) in [4.78, 5) is 22.5. The Morgan fingerprint density at radius 3 is 2.65 bits per heavy atom. The van der Waals surface area contributed by atoms with Crippen molar-refractivity contribution in [3.05, 3.63) is 0 Å². The molecule has 0 spiro atoms. The first-order valence-electron chi connectivity index (χ1n) is 6.34. The van der Waals surface area contributed by atoms with Crippen molar-refractivity contribution >= 4 is 21.8 Å². The number of urea groups is 1. The molecule has 1 aliphatic rings. The molecular formula is C11H20N2O6S. The summed E-state index contributed by atoms with van der Waals surface area (Å²) in [7, 11) is -3.27. The number of nitrogens with one attached hydrogen (secondary N) is 2. The molecular weight excluding hydrogens is 288 g/mol. The monoisotopic (exact) mass is 308 g/mol. The number of aliphatic carboxylic acids is 1. The van der Waals surface area contributed by atoms with Crippen molar-refractivity contribution in [1.29, 1.82) is 0 Å². The summed E-state index contributed by atoms with van der Waals surface area (Å²) in [6.07, 6.45) is 2.61. The lowest BCUT2D eigenvalue weighted by Gasteiger charge is -2.16. The molecule has 20 heavy (non-hydrogen) atoms. The van der Waals surface area contributed by atoms with Crippen molar-refractivity contribution in [3.63, 3.8) is 0 Å². The van der Waals surface area contributed by atoms with E-state index in [1.54, 1.807) is 0 Å². The molecule has 8 nitrogen and oxygen atoms in total. The Hall–Kier alpha value is -1.35. The van der Waals surface area contributed by atoms with Crippen LogP contribution in [0, 0.1) is 0 Å². The van der Waals surface area contributed by atoms with Gasteiger partial charge in [0.05, 0.1) is 11.9 Å². The first-order chi connectivity index (χ1) is 9.28. The van der Waals surface area contributed by atoms with Gasteiger partial charge < -0.3 is 20.5 Å². The third-order valence-electron chi connectivity index (χ3n) is 2.90. The van der Waals surface area contributed by atoms with E-state index in [0.717, 1.165) is 19.1 Å². The molecule has 1 aliphatic heterocycles. The standard InChI is InChI=1S/C11H20N2O6S/c1-20(17,18)6-4-9(10(14)15)13-11(16)12-7-8-3-2-5-19-8/h8-9H,2-7H2,1H3,(H,14,15)(H2,12,13,16). The quantitative estimate of drug-likeness (QED) is 0.574. The van der Waals surface area contributed by atoms with E-state index >= 15 is 0 Å². The zero-order valence-electron chi connectivity index (χ0n) is 11.3. The Bertz CT molecular complexity index is 444. The van der Waals surface area contributed by atoms with Crippen molar-refractivity contribution in [2.75, 3.05) is 25.2 Å². The number of rotatable bonds is 7. The van der Waals surface area contributed by atoms with Gasteiger partial charge in [0.25, 0.3) is 0 Å². The van der Waals surface area contributed by atoms with Gasteiger partial charge in [-0.25, -0.2) is 18.0 Å². The molecule has 0 aliphatic carbocycles. The smallest absolute Gasteiger partial charge is 0.326 e. The third kappa shape index (κ3) is 6.71. The van der Waals surface area contributed by atoms with Gasteiger partial charge in [-0.05, 0) is 19.3 Å². The summed E-state index contributed by atoms with van der Waals surface area (Å²) >= 11 is 0. The fraction of sp³-hybridized carbons (Fsp3) is 0.818. The van der Waals surface area contributed by atoms with Crippen LogP contribution in [0.5, 0.6) is 0 Å². The second-order valence-corrected chi connectivity index (χ2v) is 7.06. The van der Waals surface area contributed by atoms with Gasteiger partial charge in [0.15, 0.2) is 0 Å². The molecule has 0 saturated carbocycles. The van der Waals surface area contributed by atoms with Crippen molar-refractivity contribution < 1.29 is 27.9 Å². The lowest BCUT2D eigenvalue weighted by molar-refractivity contribution is -0.139. The number of carbonyl (C=O) groups is 2. The molecule has 1 saturated heterocycles. The molecule has 2 atom stereocenters. The van der Waals surface area contributed by atoms with E-state index in [1.165, 1.54) is 0 Å². The van der Waals surface area contributed by atoms with E-state index in [0.29, 0.717) is 13.2 Å². The second-order valence-electron chi connectivity index (χ2n) is 4.80. The molecule has 9 heteroatoms. The zero-order chi connectivity index (χ0) is 15.2. The van der Waals surface area contributed by atoms with Crippen molar-refractivity contribution in [1.82, 2.24) is 10.6 Å². The Balaban J connectivity index is 2.36. The van der Waals surface area contributed by atoms with Crippen molar-refractivity contribution in [3.8, 4) is 0 Å². The van der Waals surface area contributed by atoms with Gasteiger partial charge in [-0.2, -0.15) is 0 Å². The van der Waals surface area contributed by atoms with Gasteiger partial charge in [0, 0.05) is 19.4 Å². The summed E-state index contributed by atoms with van der Waals surface area (Å²) in [6, 6.07) is -1.87. The van der Waals surface area contributed by atoms with E-state index in [9.17, 15) is 18.0 Å². The van der Waals surface area contributed by atoms with Crippen LogP contribution in [-0.4, -0.2) is 62.8 Å². The number of sulfone groups is 1. The molecule has 1 fully saturated rings. The van der Waals surface area contributed by atoms with Gasteiger partial charge in [0.1, 0.15) is 15.9 Å². The Morgan fingerprint density at radius 2 is 2.15 bits per heavy atom. The van der Waals surface area contributed by atoms with Gasteiger partial charge in [0.2, 0.25) is 0 Å². The number of carboxylic acid groups (broad SMARTS) is 1. The summed E-state index contributed by atoms with van der Waals surface area (Å²) < 4.78 is 27.3. The number of hydrogen-bond acceptors (Lipinski definition) is 5. The van der Waals surface area contributed by atoms with Crippen LogP contribution in [-0.2, 0) is 19.4 Å². The lowest BCUT2D eigenvalue weighted by atomic mass is 10.2. The third-order valence-corrected chi connectivity index (χ3v) is 3.87. The molecule has 2 amide bonds. The van der Waals surface area contributed by atoms with E-state index in [4.69, 9.17) is 9.84 Å². The lowest BCUT2D eigenvalue weighted by Crippen LogP contribution is -2.48.